The van der Waals surface area contributed by atoms with Crippen LogP contribution in [0.5, 0.6) is 5.75 Å². The van der Waals surface area contributed by atoms with E-state index in [0.717, 1.165) is 57.0 Å². The van der Waals surface area contributed by atoms with E-state index in [0.29, 0.717) is 0 Å². The Morgan fingerprint density at radius 3 is 2.78 bits per heavy atom. The standard InChI is InChI=1S/C22H27N3OS/c1-17-5-3-6-21(18(17)2)25-12-10-24(11-13-25)9-4-14-26-19-7-8-22-20(15-19)23-16-27-22/h3,5-8,15-16H,4,9-14H2,1-2H3. The Balaban J connectivity index is 1.21. The van der Waals surface area contributed by atoms with Crippen LogP contribution in [0.3, 0.4) is 0 Å². The number of aryl methyl sites for hydroxylation is 1. The number of rotatable bonds is 6. The van der Waals surface area contributed by atoms with Gasteiger partial charge in [0.2, 0.25) is 0 Å². The van der Waals surface area contributed by atoms with Gasteiger partial charge in [0, 0.05) is 44.5 Å². The van der Waals surface area contributed by atoms with Crippen molar-refractivity contribution in [1.82, 2.24) is 9.88 Å². The molecule has 0 radical (unpaired) electrons. The van der Waals surface area contributed by atoms with Crippen molar-refractivity contribution in [2.75, 3.05) is 44.2 Å². The van der Waals surface area contributed by atoms with E-state index >= 15 is 0 Å². The lowest BCUT2D eigenvalue weighted by molar-refractivity contribution is 0.225. The maximum atomic E-state index is 5.92. The van der Waals surface area contributed by atoms with Gasteiger partial charge in [-0.05, 0) is 49.6 Å². The first kappa shape index (κ1) is 18.3. The number of hydrogen-bond donors (Lipinski definition) is 0. The summed E-state index contributed by atoms with van der Waals surface area (Å²) in [4.78, 5) is 9.43. The molecule has 1 saturated heterocycles. The molecule has 1 aliphatic heterocycles. The molecule has 3 aromatic rings. The lowest BCUT2D eigenvalue weighted by Gasteiger charge is -2.37. The molecule has 4 rings (SSSR count). The van der Waals surface area contributed by atoms with Crippen LogP contribution in [-0.2, 0) is 0 Å². The number of nitrogens with zero attached hydrogens (tertiary/aromatic N) is 3. The van der Waals surface area contributed by atoms with E-state index in [4.69, 9.17) is 4.74 Å². The van der Waals surface area contributed by atoms with Gasteiger partial charge in [-0.25, -0.2) is 4.98 Å². The average molecular weight is 382 g/mol. The maximum absolute atomic E-state index is 5.92. The monoisotopic (exact) mass is 381 g/mol. The highest BCUT2D eigenvalue weighted by molar-refractivity contribution is 7.16. The summed E-state index contributed by atoms with van der Waals surface area (Å²) in [6.07, 6.45) is 1.05. The second-order valence-electron chi connectivity index (χ2n) is 7.23. The molecule has 1 fully saturated rings. The number of thiazole rings is 1. The summed E-state index contributed by atoms with van der Waals surface area (Å²) in [5.41, 5.74) is 7.10. The predicted molar refractivity (Wildman–Crippen MR) is 114 cm³/mol. The SMILES string of the molecule is Cc1cccc(N2CCN(CCCOc3ccc4scnc4c3)CC2)c1C. The predicted octanol–water partition coefficient (Wildman–Crippen LogP) is 4.50. The van der Waals surface area contributed by atoms with Gasteiger partial charge in [0.1, 0.15) is 5.75 Å². The van der Waals surface area contributed by atoms with Gasteiger partial charge in [0.25, 0.3) is 0 Å². The third-order valence-electron chi connectivity index (χ3n) is 5.48. The Kier molecular flexibility index (Phi) is 5.60. The normalized spacial score (nSPS) is 15.4. The van der Waals surface area contributed by atoms with Gasteiger partial charge in [-0.3, -0.25) is 4.90 Å². The highest BCUT2D eigenvalue weighted by Crippen LogP contribution is 2.24. The van der Waals surface area contributed by atoms with Gasteiger partial charge < -0.3 is 9.64 Å². The van der Waals surface area contributed by atoms with Crippen molar-refractivity contribution in [1.29, 1.82) is 0 Å². The molecule has 142 valence electrons. The molecule has 2 aromatic carbocycles. The first-order valence-electron chi connectivity index (χ1n) is 9.70. The van der Waals surface area contributed by atoms with E-state index < -0.39 is 0 Å². The Morgan fingerprint density at radius 2 is 1.93 bits per heavy atom. The molecule has 5 heteroatoms. The molecule has 0 aliphatic carbocycles. The van der Waals surface area contributed by atoms with Crippen molar-refractivity contribution in [3.63, 3.8) is 0 Å². The fourth-order valence-corrected chi connectivity index (χ4v) is 4.35. The molecule has 1 aromatic heterocycles. The third-order valence-corrected chi connectivity index (χ3v) is 6.29. The van der Waals surface area contributed by atoms with E-state index in [1.54, 1.807) is 11.3 Å². The molecular formula is C22H27N3OS. The van der Waals surface area contributed by atoms with Crippen LogP contribution in [0.4, 0.5) is 5.69 Å². The zero-order valence-electron chi connectivity index (χ0n) is 16.1. The molecule has 0 spiro atoms. The van der Waals surface area contributed by atoms with Gasteiger partial charge in [0.15, 0.2) is 0 Å². The molecule has 0 N–H and O–H groups in total. The van der Waals surface area contributed by atoms with Gasteiger partial charge >= 0.3 is 0 Å². The molecule has 0 saturated carbocycles. The molecular weight excluding hydrogens is 354 g/mol. The zero-order chi connectivity index (χ0) is 18.6. The van der Waals surface area contributed by atoms with Crippen LogP contribution in [0.25, 0.3) is 10.2 Å². The van der Waals surface area contributed by atoms with Crippen LogP contribution >= 0.6 is 11.3 Å². The highest BCUT2D eigenvalue weighted by atomic mass is 32.1. The van der Waals surface area contributed by atoms with E-state index in [1.165, 1.54) is 21.5 Å². The van der Waals surface area contributed by atoms with Gasteiger partial charge in [-0.15, -0.1) is 11.3 Å². The van der Waals surface area contributed by atoms with Crippen molar-refractivity contribution in [3.8, 4) is 5.75 Å². The summed E-state index contributed by atoms with van der Waals surface area (Å²) in [7, 11) is 0. The van der Waals surface area contributed by atoms with Crippen LogP contribution in [0.15, 0.2) is 41.9 Å². The minimum Gasteiger partial charge on any atom is -0.493 e. The molecule has 27 heavy (non-hydrogen) atoms. The molecule has 0 unspecified atom stereocenters. The summed E-state index contributed by atoms with van der Waals surface area (Å²) >= 11 is 1.67. The number of ether oxygens (including phenoxy) is 1. The number of anilines is 1. The second-order valence-corrected chi connectivity index (χ2v) is 8.12. The quantitative estimate of drug-likeness (QED) is 0.588. The summed E-state index contributed by atoms with van der Waals surface area (Å²) in [5, 5.41) is 0. The van der Waals surface area contributed by atoms with Crippen molar-refractivity contribution in [3.05, 3.63) is 53.0 Å². The molecule has 1 aliphatic rings. The fourth-order valence-electron chi connectivity index (χ4n) is 3.70. The minimum absolute atomic E-state index is 0.757. The number of fused-ring (bicyclic) bond motifs is 1. The average Bonchev–Trinajstić information content (AvgIpc) is 3.16. The third kappa shape index (κ3) is 4.25. The Bertz CT molecular complexity index is 899. The van der Waals surface area contributed by atoms with E-state index in [-0.39, 0.29) is 0 Å². The second kappa shape index (κ2) is 8.28. The molecule has 4 nitrogen and oxygen atoms in total. The van der Waals surface area contributed by atoms with Crippen molar-refractivity contribution >= 4 is 27.2 Å². The van der Waals surface area contributed by atoms with Gasteiger partial charge in [0.05, 0.1) is 22.3 Å². The van der Waals surface area contributed by atoms with Crippen molar-refractivity contribution in [2.45, 2.75) is 20.3 Å². The summed E-state index contributed by atoms with van der Waals surface area (Å²) < 4.78 is 7.13. The van der Waals surface area contributed by atoms with Crippen molar-refractivity contribution in [2.24, 2.45) is 0 Å². The largest absolute Gasteiger partial charge is 0.493 e. The van der Waals surface area contributed by atoms with E-state index in [9.17, 15) is 0 Å². The first-order valence-corrected chi connectivity index (χ1v) is 10.6. The summed E-state index contributed by atoms with van der Waals surface area (Å²) in [6, 6.07) is 12.8. The van der Waals surface area contributed by atoms with Gasteiger partial charge in [-0.1, -0.05) is 12.1 Å². The lowest BCUT2D eigenvalue weighted by Crippen LogP contribution is -2.47. The van der Waals surface area contributed by atoms with Crippen molar-refractivity contribution < 1.29 is 4.74 Å². The van der Waals surface area contributed by atoms with Gasteiger partial charge in [-0.2, -0.15) is 0 Å². The zero-order valence-corrected chi connectivity index (χ0v) is 17.0. The Morgan fingerprint density at radius 1 is 1.07 bits per heavy atom. The van der Waals surface area contributed by atoms with Crippen LogP contribution in [0.2, 0.25) is 0 Å². The lowest BCUT2D eigenvalue weighted by atomic mass is 10.1. The summed E-state index contributed by atoms with van der Waals surface area (Å²) in [5.74, 6) is 0.924. The number of benzene rings is 2. The Labute approximate surface area is 165 Å². The smallest absolute Gasteiger partial charge is 0.121 e. The topological polar surface area (TPSA) is 28.6 Å². The first-order chi connectivity index (χ1) is 13.2. The highest BCUT2D eigenvalue weighted by Gasteiger charge is 2.18. The molecule has 0 bridgehead atoms. The maximum Gasteiger partial charge on any atom is 0.121 e. The molecule has 2 heterocycles. The van der Waals surface area contributed by atoms with Crippen LogP contribution < -0.4 is 9.64 Å². The Hall–Kier alpha value is -2.11. The molecule has 0 atom stereocenters. The fraction of sp³-hybridized carbons (Fsp3) is 0.409. The number of piperazine rings is 1. The number of hydrogen-bond acceptors (Lipinski definition) is 5. The van der Waals surface area contributed by atoms with E-state index in [1.807, 2.05) is 17.6 Å². The van der Waals surface area contributed by atoms with Crippen LogP contribution in [-0.4, -0.2) is 49.2 Å². The van der Waals surface area contributed by atoms with E-state index in [2.05, 4.69) is 52.9 Å². The molecule has 0 amide bonds. The van der Waals surface area contributed by atoms with Crippen LogP contribution in [0, 0.1) is 13.8 Å². The van der Waals surface area contributed by atoms with Crippen LogP contribution in [0.1, 0.15) is 17.5 Å². The number of aromatic nitrogens is 1. The summed E-state index contributed by atoms with van der Waals surface area (Å²) in [6.45, 7) is 10.7. The minimum atomic E-state index is 0.757.